The van der Waals surface area contributed by atoms with E-state index in [2.05, 4.69) is 25.1 Å². The van der Waals surface area contributed by atoms with Gasteiger partial charge in [-0.1, -0.05) is 19.4 Å². The van der Waals surface area contributed by atoms with E-state index in [0.29, 0.717) is 0 Å². The summed E-state index contributed by atoms with van der Waals surface area (Å²) < 4.78 is 7.38. The molecule has 1 aromatic rings. The molecule has 0 saturated carbocycles. The number of hydrogen-bond donors (Lipinski definition) is 0. The average Bonchev–Trinajstić information content (AvgIpc) is 2.82. The van der Waals surface area contributed by atoms with Crippen LogP contribution in [0.3, 0.4) is 0 Å². The molecule has 1 aliphatic rings. The van der Waals surface area contributed by atoms with E-state index in [-0.39, 0.29) is 6.09 Å². The molecular weight excluding hydrogens is 262 g/mol. The Morgan fingerprint density at radius 3 is 2.62 bits per heavy atom. The standard InChI is InChI=1S/C18H27NO2/c1-5-9-15-12-13-16(14-10-7-6-8-11-14)19(15)17(20)21-18(2,3)4/h10,12-13H,5-9,11H2,1-4H3. The van der Waals surface area contributed by atoms with E-state index in [9.17, 15) is 4.79 Å². The smallest absolute Gasteiger partial charge is 0.419 e. The molecule has 0 radical (unpaired) electrons. The van der Waals surface area contributed by atoms with Gasteiger partial charge < -0.3 is 4.74 Å². The van der Waals surface area contributed by atoms with Crippen molar-refractivity contribution in [2.45, 2.75) is 71.8 Å². The lowest BCUT2D eigenvalue weighted by molar-refractivity contribution is 0.0531. The minimum Gasteiger partial charge on any atom is -0.443 e. The number of allylic oxidation sites excluding steroid dienone is 2. The van der Waals surface area contributed by atoms with Gasteiger partial charge in [0.1, 0.15) is 5.60 Å². The van der Waals surface area contributed by atoms with Gasteiger partial charge >= 0.3 is 6.09 Å². The van der Waals surface area contributed by atoms with E-state index in [4.69, 9.17) is 4.74 Å². The largest absolute Gasteiger partial charge is 0.443 e. The minimum absolute atomic E-state index is 0.252. The Balaban J connectivity index is 2.37. The van der Waals surface area contributed by atoms with E-state index in [1.807, 2.05) is 20.8 Å². The molecule has 116 valence electrons. The number of aryl methyl sites for hydroxylation is 1. The molecule has 0 unspecified atom stereocenters. The molecule has 0 spiro atoms. The summed E-state index contributed by atoms with van der Waals surface area (Å²) >= 11 is 0. The topological polar surface area (TPSA) is 31.2 Å². The summed E-state index contributed by atoms with van der Waals surface area (Å²) in [5.74, 6) is 0. The Kier molecular flexibility index (Phi) is 4.92. The highest BCUT2D eigenvalue weighted by molar-refractivity contribution is 5.79. The number of nitrogens with zero attached hydrogens (tertiary/aromatic N) is 1. The predicted molar refractivity (Wildman–Crippen MR) is 86.5 cm³/mol. The third-order valence-corrected chi connectivity index (χ3v) is 3.66. The van der Waals surface area contributed by atoms with Gasteiger partial charge in [-0.25, -0.2) is 9.36 Å². The van der Waals surface area contributed by atoms with Crippen molar-refractivity contribution >= 4 is 11.7 Å². The molecule has 21 heavy (non-hydrogen) atoms. The average molecular weight is 289 g/mol. The fourth-order valence-corrected chi connectivity index (χ4v) is 2.77. The normalized spacial score (nSPS) is 15.7. The molecule has 0 fully saturated rings. The lowest BCUT2D eigenvalue weighted by atomic mass is 9.97. The van der Waals surface area contributed by atoms with Crippen molar-refractivity contribution in [3.63, 3.8) is 0 Å². The van der Waals surface area contributed by atoms with Crippen LogP contribution >= 0.6 is 0 Å². The zero-order valence-electron chi connectivity index (χ0n) is 13.7. The quantitative estimate of drug-likeness (QED) is 0.767. The molecule has 0 amide bonds. The molecule has 0 aliphatic heterocycles. The lowest BCUT2D eigenvalue weighted by Crippen LogP contribution is -2.29. The van der Waals surface area contributed by atoms with E-state index in [0.717, 1.165) is 37.1 Å². The summed E-state index contributed by atoms with van der Waals surface area (Å²) in [6, 6.07) is 4.14. The Hall–Kier alpha value is -1.51. The Labute approximate surface area is 128 Å². The summed E-state index contributed by atoms with van der Waals surface area (Å²) in [5, 5.41) is 0. The maximum absolute atomic E-state index is 12.6. The van der Waals surface area contributed by atoms with Crippen LogP contribution < -0.4 is 0 Å². The molecule has 1 aliphatic carbocycles. The van der Waals surface area contributed by atoms with Crippen LogP contribution in [0.5, 0.6) is 0 Å². The first-order valence-electron chi connectivity index (χ1n) is 8.06. The zero-order chi connectivity index (χ0) is 15.5. The summed E-state index contributed by atoms with van der Waals surface area (Å²) in [7, 11) is 0. The predicted octanol–water partition coefficient (Wildman–Crippen LogP) is 5.18. The number of carbonyl (C=O) groups excluding carboxylic acids is 1. The highest BCUT2D eigenvalue weighted by atomic mass is 16.6. The fourth-order valence-electron chi connectivity index (χ4n) is 2.77. The molecule has 3 heteroatoms. The lowest BCUT2D eigenvalue weighted by Gasteiger charge is -2.23. The molecule has 0 aromatic carbocycles. The SMILES string of the molecule is CCCc1ccc(C2=CCCCC2)n1C(=O)OC(C)(C)C. The summed E-state index contributed by atoms with van der Waals surface area (Å²) in [4.78, 5) is 12.6. The van der Waals surface area contributed by atoms with Gasteiger partial charge in [0.25, 0.3) is 0 Å². The zero-order valence-corrected chi connectivity index (χ0v) is 13.7. The van der Waals surface area contributed by atoms with Crippen molar-refractivity contribution in [2.24, 2.45) is 0 Å². The monoisotopic (exact) mass is 289 g/mol. The number of carbonyl (C=O) groups is 1. The van der Waals surface area contributed by atoms with Crippen LogP contribution in [0.25, 0.3) is 5.57 Å². The maximum Gasteiger partial charge on any atom is 0.419 e. The molecule has 0 atom stereocenters. The van der Waals surface area contributed by atoms with Crippen LogP contribution in [0.4, 0.5) is 4.79 Å². The summed E-state index contributed by atoms with van der Waals surface area (Å²) in [6.45, 7) is 7.86. The van der Waals surface area contributed by atoms with E-state index in [1.165, 1.54) is 18.4 Å². The number of aromatic nitrogens is 1. The molecule has 1 heterocycles. The second kappa shape index (κ2) is 6.50. The highest BCUT2D eigenvalue weighted by Gasteiger charge is 2.23. The van der Waals surface area contributed by atoms with Gasteiger partial charge in [-0.05, 0) is 70.6 Å². The highest BCUT2D eigenvalue weighted by Crippen LogP contribution is 2.29. The molecule has 1 aromatic heterocycles. The molecular formula is C18H27NO2. The Bertz CT molecular complexity index is 532. The van der Waals surface area contributed by atoms with Crippen molar-refractivity contribution in [1.82, 2.24) is 4.57 Å². The van der Waals surface area contributed by atoms with Gasteiger partial charge in [0, 0.05) is 5.69 Å². The van der Waals surface area contributed by atoms with Crippen molar-refractivity contribution in [1.29, 1.82) is 0 Å². The van der Waals surface area contributed by atoms with Crippen LogP contribution in [0.1, 0.15) is 71.2 Å². The van der Waals surface area contributed by atoms with Crippen molar-refractivity contribution < 1.29 is 9.53 Å². The van der Waals surface area contributed by atoms with E-state index >= 15 is 0 Å². The number of hydrogen-bond acceptors (Lipinski definition) is 2. The molecule has 3 nitrogen and oxygen atoms in total. The maximum atomic E-state index is 12.6. The van der Waals surface area contributed by atoms with Crippen LogP contribution in [0.15, 0.2) is 18.2 Å². The number of rotatable bonds is 3. The summed E-state index contributed by atoms with van der Waals surface area (Å²) in [6.07, 6.45) is 8.55. The molecule has 0 saturated heterocycles. The van der Waals surface area contributed by atoms with Crippen molar-refractivity contribution in [3.05, 3.63) is 29.6 Å². The van der Waals surface area contributed by atoms with Gasteiger partial charge in [-0.3, -0.25) is 0 Å². The fraction of sp³-hybridized carbons (Fsp3) is 0.611. The van der Waals surface area contributed by atoms with Gasteiger partial charge in [0.05, 0.1) is 5.69 Å². The van der Waals surface area contributed by atoms with E-state index < -0.39 is 5.60 Å². The molecule has 2 rings (SSSR count). The van der Waals surface area contributed by atoms with Crippen LogP contribution in [0, 0.1) is 0 Å². The molecule has 0 bridgehead atoms. The van der Waals surface area contributed by atoms with Crippen LogP contribution in [-0.2, 0) is 11.2 Å². The van der Waals surface area contributed by atoms with Gasteiger partial charge in [0.15, 0.2) is 0 Å². The third kappa shape index (κ3) is 3.99. The third-order valence-electron chi connectivity index (χ3n) is 3.66. The van der Waals surface area contributed by atoms with Crippen molar-refractivity contribution in [2.75, 3.05) is 0 Å². The molecule has 0 N–H and O–H groups in total. The second-order valence-electron chi connectivity index (χ2n) is 6.75. The summed E-state index contributed by atoms with van der Waals surface area (Å²) in [5.41, 5.74) is 2.89. The van der Waals surface area contributed by atoms with Crippen molar-refractivity contribution in [3.8, 4) is 0 Å². The minimum atomic E-state index is -0.469. The van der Waals surface area contributed by atoms with Gasteiger partial charge in [0.2, 0.25) is 0 Å². The van der Waals surface area contributed by atoms with E-state index in [1.54, 1.807) is 4.57 Å². The van der Waals surface area contributed by atoms with Crippen LogP contribution in [0.2, 0.25) is 0 Å². The first-order chi connectivity index (χ1) is 9.92. The van der Waals surface area contributed by atoms with Gasteiger partial charge in [-0.15, -0.1) is 0 Å². The Morgan fingerprint density at radius 1 is 1.29 bits per heavy atom. The first kappa shape index (κ1) is 15.9. The Morgan fingerprint density at radius 2 is 2.05 bits per heavy atom. The second-order valence-corrected chi connectivity index (χ2v) is 6.75. The first-order valence-corrected chi connectivity index (χ1v) is 8.06. The van der Waals surface area contributed by atoms with Gasteiger partial charge in [-0.2, -0.15) is 0 Å². The number of ether oxygens (including phenoxy) is 1. The van der Waals surface area contributed by atoms with Crippen LogP contribution in [-0.4, -0.2) is 16.3 Å².